The average molecular weight is 553 g/mol. The van der Waals surface area contributed by atoms with E-state index in [1.807, 2.05) is 51.1 Å². The largest absolute Gasteiger partial charge is 0.350 e. The lowest BCUT2D eigenvalue weighted by Crippen LogP contribution is -2.57. The van der Waals surface area contributed by atoms with Gasteiger partial charge in [0.1, 0.15) is 18.1 Å². The summed E-state index contributed by atoms with van der Waals surface area (Å²) in [5, 5.41) is 11.0. The van der Waals surface area contributed by atoms with Crippen LogP contribution in [0.25, 0.3) is 0 Å². The smallest absolute Gasteiger partial charge is 0.243 e. The minimum Gasteiger partial charge on any atom is -0.350 e. The summed E-state index contributed by atoms with van der Waals surface area (Å²) in [6.45, 7) is 6.61. The highest BCUT2D eigenvalue weighted by atomic mass is 35.5. The van der Waals surface area contributed by atoms with E-state index in [9.17, 15) is 24.0 Å². The van der Waals surface area contributed by atoms with Crippen LogP contribution < -0.4 is 27.0 Å². The Balaban J connectivity index is 0.00000722. The van der Waals surface area contributed by atoms with Crippen molar-refractivity contribution in [2.24, 2.45) is 11.7 Å². The molecule has 1 aliphatic rings. The highest BCUT2D eigenvalue weighted by Crippen LogP contribution is 2.10. The van der Waals surface area contributed by atoms with Crippen LogP contribution in [0.1, 0.15) is 46.1 Å². The monoisotopic (exact) mass is 552 g/mol. The Morgan fingerprint density at radius 2 is 1.58 bits per heavy atom. The lowest BCUT2D eigenvalue weighted by molar-refractivity contribution is -0.136. The fourth-order valence-electron chi connectivity index (χ4n) is 4.09. The zero-order valence-electron chi connectivity index (χ0n) is 22.5. The topological polar surface area (TPSA) is 163 Å². The lowest BCUT2D eigenvalue weighted by Gasteiger charge is -2.29. The Hall–Kier alpha value is -3.18. The molecule has 5 amide bonds. The number of rotatable bonds is 6. The molecule has 0 unspecified atom stereocenters. The minimum absolute atomic E-state index is 0. The summed E-state index contributed by atoms with van der Waals surface area (Å²) in [6.07, 6.45) is 1.05. The second-order valence-electron chi connectivity index (χ2n) is 9.82. The van der Waals surface area contributed by atoms with Crippen molar-refractivity contribution in [1.82, 2.24) is 26.2 Å². The third-order valence-electron chi connectivity index (χ3n) is 6.17. The van der Waals surface area contributed by atoms with E-state index in [1.54, 1.807) is 0 Å². The van der Waals surface area contributed by atoms with Gasteiger partial charge in [-0.3, -0.25) is 24.0 Å². The molecule has 1 heterocycles. The number of nitrogens with one attached hydrogen (secondary N) is 4. The van der Waals surface area contributed by atoms with E-state index in [0.717, 1.165) is 5.56 Å². The third kappa shape index (κ3) is 10.3. The zero-order valence-corrected chi connectivity index (χ0v) is 23.3. The molecule has 0 radical (unpaired) electrons. The number of hydrogen-bond donors (Lipinski definition) is 5. The van der Waals surface area contributed by atoms with Crippen molar-refractivity contribution in [1.29, 1.82) is 0 Å². The number of benzene rings is 1. The maximum absolute atomic E-state index is 13.4. The van der Waals surface area contributed by atoms with Crippen LogP contribution in [-0.2, 0) is 30.4 Å². The molecular formula is C26H41ClN6O5. The molecule has 0 spiro atoms. The molecule has 0 bridgehead atoms. The number of hydrogen-bond acceptors (Lipinski definition) is 6. The summed E-state index contributed by atoms with van der Waals surface area (Å²) in [6, 6.07) is 6.02. The van der Waals surface area contributed by atoms with E-state index < -0.39 is 53.7 Å². The Morgan fingerprint density at radius 3 is 2.16 bits per heavy atom. The molecule has 12 heteroatoms. The summed E-state index contributed by atoms with van der Waals surface area (Å²) < 4.78 is 0. The molecule has 0 aromatic heterocycles. The molecule has 212 valence electrons. The van der Waals surface area contributed by atoms with Crippen molar-refractivity contribution in [2.75, 3.05) is 19.6 Å². The highest BCUT2D eigenvalue weighted by Gasteiger charge is 2.31. The molecule has 1 aromatic carbocycles. The van der Waals surface area contributed by atoms with E-state index in [-0.39, 0.29) is 44.4 Å². The van der Waals surface area contributed by atoms with E-state index in [4.69, 9.17) is 5.73 Å². The summed E-state index contributed by atoms with van der Waals surface area (Å²) in [4.78, 5) is 66.0. The fraction of sp³-hybridized carbons (Fsp3) is 0.577. The molecule has 1 aromatic rings. The van der Waals surface area contributed by atoms with E-state index >= 15 is 0 Å². The molecule has 1 aliphatic heterocycles. The molecule has 6 N–H and O–H groups in total. The second-order valence-corrected chi connectivity index (χ2v) is 9.82. The number of carbonyl (C=O) groups excluding carboxylic acids is 5. The lowest BCUT2D eigenvalue weighted by atomic mass is 10.0. The fourth-order valence-corrected chi connectivity index (χ4v) is 4.09. The van der Waals surface area contributed by atoms with Gasteiger partial charge in [-0.15, -0.1) is 12.4 Å². The van der Waals surface area contributed by atoms with Crippen LogP contribution in [-0.4, -0.2) is 78.2 Å². The second kappa shape index (κ2) is 15.9. The predicted molar refractivity (Wildman–Crippen MR) is 146 cm³/mol. The molecule has 0 aliphatic carbocycles. The first kappa shape index (κ1) is 32.8. The first-order chi connectivity index (χ1) is 17.5. The van der Waals surface area contributed by atoms with Gasteiger partial charge < -0.3 is 31.9 Å². The van der Waals surface area contributed by atoms with Crippen molar-refractivity contribution >= 4 is 41.9 Å². The van der Waals surface area contributed by atoms with Crippen LogP contribution in [0.2, 0.25) is 0 Å². The number of nitrogens with two attached hydrogens (primary N) is 1. The zero-order chi connectivity index (χ0) is 27.5. The maximum atomic E-state index is 13.4. The van der Waals surface area contributed by atoms with Gasteiger partial charge in [0.15, 0.2) is 0 Å². The Morgan fingerprint density at radius 1 is 0.974 bits per heavy atom. The Labute approximate surface area is 230 Å². The molecule has 2 rings (SSSR count). The number of amides is 5. The summed E-state index contributed by atoms with van der Waals surface area (Å²) in [5.41, 5.74) is 6.40. The van der Waals surface area contributed by atoms with Gasteiger partial charge in [-0.05, 0) is 31.2 Å². The highest BCUT2D eigenvalue weighted by molar-refractivity contribution is 5.95. The van der Waals surface area contributed by atoms with Gasteiger partial charge in [-0.1, -0.05) is 51.1 Å². The molecule has 1 fully saturated rings. The maximum Gasteiger partial charge on any atom is 0.243 e. The van der Waals surface area contributed by atoms with Gasteiger partial charge >= 0.3 is 0 Å². The van der Waals surface area contributed by atoms with Crippen LogP contribution in [0.3, 0.4) is 0 Å². The van der Waals surface area contributed by atoms with Gasteiger partial charge in [-0.2, -0.15) is 0 Å². The molecule has 4 atom stereocenters. The van der Waals surface area contributed by atoms with E-state index in [2.05, 4.69) is 21.3 Å². The number of halogens is 1. The molecule has 0 saturated carbocycles. The van der Waals surface area contributed by atoms with Crippen molar-refractivity contribution < 1.29 is 24.0 Å². The predicted octanol–water partition coefficient (Wildman–Crippen LogP) is -0.133. The summed E-state index contributed by atoms with van der Waals surface area (Å²) >= 11 is 0. The van der Waals surface area contributed by atoms with Crippen molar-refractivity contribution in [2.45, 2.75) is 71.1 Å². The molecule has 1 saturated heterocycles. The Kier molecular flexibility index (Phi) is 13.8. The first-order valence-electron chi connectivity index (χ1n) is 12.8. The van der Waals surface area contributed by atoms with E-state index in [1.165, 1.54) is 11.8 Å². The van der Waals surface area contributed by atoms with Crippen molar-refractivity contribution in [3.05, 3.63) is 35.9 Å². The van der Waals surface area contributed by atoms with Gasteiger partial charge in [-0.25, -0.2) is 0 Å². The van der Waals surface area contributed by atoms with Crippen LogP contribution in [0.4, 0.5) is 0 Å². The third-order valence-corrected chi connectivity index (χ3v) is 6.17. The molecular weight excluding hydrogens is 512 g/mol. The standard InChI is InChI=1S/C26H40N6O5.ClH/c1-5-19-14-32(23(34)13-27)15-22(33)28-17(4)24(35)30-20(11-16(2)3)26(37)31-21(25(36)29-19)12-18-9-7-6-8-10-18;/h6-10,16-17,19-21H,5,11-15,27H2,1-4H3,(H,28,33)(H,29,36)(H,30,35)(H,31,37);1H/t17-,19+,20+,21+;/m1./s1. The van der Waals surface area contributed by atoms with Crippen LogP contribution in [0.5, 0.6) is 0 Å². The molecule has 11 nitrogen and oxygen atoms in total. The number of nitrogens with zero attached hydrogens (tertiary/aromatic N) is 1. The van der Waals surface area contributed by atoms with Crippen molar-refractivity contribution in [3.63, 3.8) is 0 Å². The van der Waals surface area contributed by atoms with Gasteiger partial charge in [0, 0.05) is 19.0 Å². The Bertz CT molecular complexity index is 961. The first-order valence-corrected chi connectivity index (χ1v) is 12.8. The van der Waals surface area contributed by atoms with E-state index in [0.29, 0.717) is 12.8 Å². The summed E-state index contributed by atoms with van der Waals surface area (Å²) in [5.74, 6) is -2.39. The molecule has 38 heavy (non-hydrogen) atoms. The van der Waals surface area contributed by atoms with Crippen LogP contribution in [0, 0.1) is 5.92 Å². The normalized spacial score (nSPS) is 23.7. The van der Waals surface area contributed by atoms with Gasteiger partial charge in [0.05, 0.1) is 13.1 Å². The van der Waals surface area contributed by atoms with Crippen LogP contribution >= 0.6 is 12.4 Å². The van der Waals surface area contributed by atoms with Crippen LogP contribution in [0.15, 0.2) is 30.3 Å². The minimum atomic E-state index is -0.947. The average Bonchev–Trinajstić information content (AvgIpc) is 2.86. The quantitative estimate of drug-likeness (QED) is 0.330. The SMILES string of the molecule is CC[C@H]1CN(C(=O)CN)CC(=O)N[C@H](C)C(=O)N[C@@H](CC(C)C)C(=O)N[C@@H](Cc2ccccc2)C(=O)N1.Cl. The number of carbonyl (C=O) groups is 5. The van der Waals surface area contributed by atoms with Gasteiger partial charge in [0.2, 0.25) is 29.5 Å². The van der Waals surface area contributed by atoms with Gasteiger partial charge in [0.25, 0.3) is 0 Å². The summed E-state index contributed by atoms with van der Waals surface area (Å²) in [7, 11) is 0. The van der Waals surface area contributed by atoms with Crippen molar-refractivity contribution in [3.8, 4) is 0 Å².